The topological polar surface area (TPSA) is 48.3 Å². The Bertz CT molecular complexity index is 904. The highest BCUT2D eigenvalue weighted by Gasteiger charge is 2.31. The van der Waals surface area contributed by atoms with E-state index < -0.39 is 0 Å². The second-order valence-corrected chi connectivity index (χ2v) is 9.56. The van der Waals surface area contributed by atoms with E-state index in [1.54, 1.807) is 12.1 Å². The van der Waals surface area contributed by atoms with Gasteiger partial charge in [-0.05, 0) is 43.5 Å². The summed E-state index contributed by atoms with van der Waals surface area (Å²) in [5.74, 6) is -0.567. The molecule has 1 aromatic carbocycles. The summed E-state index contributed by atoms with van der Waals surface area (Å²) in [5, 5.41) is 0.446. The number of fused-ring (bicyclic) bond motifs is 1. The Morgan fingerprint density at radius 3 is 2.30 bits per heavy atom. The number of benzene rings is 1. The Kier molecular flexibility index (Phi) is 10.5. The largest absolute Gasteiger partial charge is 0.465 e. The zero-order valence-electron chi connectivity index (χ0n) is 20.0. The summed E-state index contributed by atoms with van der Waals surface area (Å²) in [5.41, 5.74) is 1.96. The Hall–Kier alpha value is -2.07. The summed E-state index contributed by atoms with van der Waals surface area (Å²) in [7, 11) is 0. The fourth-order valence-electron chi connectivity index (χ4n) is 4.72. The van der Waals surface area contributed by atoms with Crippen molar-refractivity contribution < 1.29 is 14.3 Å². The summed E-state index contributed by atoms with van der Waals surface area (Å²) >= 11 is 6.23. The van der Waals surface area contributed by atoms with Crippen LogP contribution in [0.4, 0.5) is 0 Å². The Labute approximate surface area is 203 Å². The molecule has 1 aliphatic rings. The van der Waals surface area contributed by atoms with Crippen molar-refractivity contribution in [3.63, 3.8) is 0 Å². The first-order chi connectivity index (χ1) is 16.1. The normalized spacial score (nSPS) is 15.3. The molecule has 2 aromatic rings. The molecular formula is C28H38ClNO3. The zero-order valence-corrected chi connectivity index (χ0v) is 20.7. The Morgan fingerprint density at radius 2 is 1.61 bits per heavy atom. The molecule has 1 atom stereocenters. The van der Waals surface area contributed by atoms with Gasteiger partial charge in [0.05, 0.1) is 23.2 Å². The lowest BCUT2D eigenvalue weighted by Gasteiger charge is -2.25. The van der Waals surface area contributed by atoms with Gasteiger partial charge in [-0.15, -0.1) is 0 Å². The predicted molar refractivity (Wildman–Crippen MR) is 134 cm³/mol. The molecule has 4 nitrogen and oxygen atoms in total. The highest BCUT2D eigenvalue weighted by atomic mass is 35.5. The lowest BCUT2D eigenvalue weighted by molar-refractivity contribution is -0.146. The third-order valence-electron chi connectivity index (χ3n) is 6.62. The van der Waals surface area contributed by atoms with Crippen LogP contribution in [0.1, 0.15) is 112 Å². The number of rotatable bonds is 14. The van der Waals surface area contributed by atoms with Gasteiger partial charge in [0.2, 0.25) is 5.78 Å². The molecule has 0 spiro atoms. The number of carbonyl (C=O) groups is 2. The van der Waals surface area contributed by atoms with Gasteiger partial charge in [-0.25, -0.2) is 0 Å². The first-order valence-corrected chi connectivity index (χ1v) is 13.2. The fraction of sp³-hybridized carbons (Fsp3) is 0.571. The predicted octanol–water partition coefficient (Wildman–Crippen LogP) is 7.71. The molecule has 0 aliphatic carbocycles. The first kappa shape index (κ1) is 25.6. The maximum absolute atomic E-state index is 13.0. The number of halogens is 1. The van der Waals surface area contributed by atoms with Crippen molar-refractivity contribution in [3.05, 3.63) is 58.4 Å². The van der Waals surface area contributed by atoms with Crippen LogP contribution in [0.3, 0.4) is 0 Å². The van der Waals surface area contributed by atoms with Gasteiger partial charge in [0.15, 0.2) is 0 Å². The molecule has 33 heavy (non-hydrogen) atoms. The Balaban J connectivity index is 1.43. The van der Waals surface area contributed by atoms with Gasteiger partial charge >= 0.3 is 5.97 Å². The van der Waals surface area contributed by atoms with Crippen LogP contribution in [-0.4, -0.2) is 22.9 Å². The lowest BCUT2D eigenvalue weighted by Crippen LogP contribution is -2.25. The molecule has 0 N–H and O–H groups in total. The van der Waals surface area contributed by atoms with Crippen LogP contribution in [0.2, 0.25) is 5.02 Å². The van der Waals surface area contributed by atoms with Crippen LogP contribution in [0.5, 0.6) is 0 Å². The zero-order chi connectivity index (χ0) is 23.5. The average Bonchev–Trinajstić information content (AvgIpc) is 3.26. The minimum Gasteiger partial charge on any atom is -0.465 e. The molecule has 0 radical (unpaired) electrons. The van der Waals surface area contributed by atoms with E-state index in [1.807, 2.05) is 28.8 Å². The molecule has 5 heteroatoms. The van der Waals surface area contributed by atoms with Gasteiger partial charge in [0, 0.05) is 17.8 Å². The number of esters is 1. The van der Waals surface area contributed by atoms with Crippen LogP contribution in [-0.2, 0) is 16.1 Å². The molecule has 1 aliphatic heterocycles. The summed E-state index contributed by atoms with van der Waals surface area (Å²) < 4.78 is 7.60. The standard InChI is InChI=1S/C28H38ClNO3/c1-2-3-4-5-6-7-8-9-10-13-21-33-28(32)23-16-14-20-30-25(23)18-19-26(30)27(31)22-15-11-12-17-24(22)29/h11-12,15,17-19,23H,2-10,13-14,16,20-21H2,1H3. The minimum atomic E-state index is -0.297. The number of carbonyl (C=O) groups excluding carboxylic acids is 2. The summed E-state index contributed by atoms with van der Waals surface area (Å²) in [6, 6.07) is 10.8. The molecule has 1 aromatic heterocycles. The van der Waals surface area contributed by atoms with E-state index in [0.717, 1.165) is 37.9 Å². The minimum absolute atomic E-state index is 0.105. The maximum atomic E-state index is 13.0. The van der Waals surface area contributed by atoms with Gasteiger partial charge in [-0.3, -0.25) is 9.59 Å². The summed E-state index contributed by atoms with van der Waals surface area (Å²) in [4.78, 5) is 25.8. The van der Waals surface area contributed by atoms with E-state index in [9.17, 15) is 9.59 Å². The first-order valence-electron chi connectivity index (χ1n) is 12.8. The van der Waals surface area contributed by atoms with Crippen molar-refractivity contribution in [3.8, 4) is 0 Å². The van der Waals surface area contributed by atoms with E-state index in [-0.39, 0.29) is 17.7 Å². The SMILES string of the molecule is CCCCCCCCCCCCOC(=O)C1CCCn2c(C(=O)c3ccccc3Cl)ccc21. The quantitative estimate of drug-likeness (QED) is 0.161. The van der Waals surface area contributed by atoms with Crippen LogP contribution >= 0.6 is 11.6 Å². The molecule has 1 unspecified atom stereocenters. The smallest absolute Gasteiger partial charge is 0.314 e. The number of ketones is 1. The molecule has 0 fully saturated rings. The van der Waals surface area contributed by atoms with E-state index >= 15 is 0 Å². The molecular weight excluding hydrogens is 434 g/mol. The lowest BCUT2D eigenvalue weighted by atomic mass is 9.96. The van der Waals surface area contributed by atoms with Crippen molar-refractivity contribution in [2.45, 2.75) is 96.4 Å². The van der Waals surface area contributed by atoms with Gasteiger partial charge in [-0.2, -0.15) is 0 Å². The molecule has 0 amide bonds. The van der Waals surface area contributed by atoms with Crippen molar-refractivity contribution in [1.29, 1.82) is 0 Å². The van der Waals surface area contributed by atoms with E-state index in [2.05, 4.69) is 6.92 Å². The van der Waals surface area contributed by atoms with Crippen molar-refractivity contribution in [2.75, 3.05) is 6.61 Å². The summed E-state index contributed by atoms with van der Waals surface area (Å²) in [6.45, 7) is 3.47. The van der Waals surface area contributed by atoms with Crippen molar-refractivity contribution in [1.82, 2.24) is 4.57 Å². The number of nitrogens with zero attached hydrogens (tertiary/aromatic N) is 1. The van der Waals surface area contributed by atoms with Crippen LogP contribution < -0.4 is 0 Å². The van der Waals surface area contributed by atoms with Crippen LogP contribution in [0, 0.1) is 0 Å². The second kappa shape index (κ2) is 13.6. The highest BCUT2D eigenvalue weighted by molar-refractivity contribution is 6.34. The van der Waals surface area contributed by atoms with Crippen LogP contribution in [0.25, 0.3) is 0 Å². The highest BCUT2D eigenvalue weighted by Crippen LogP contribution is 2.32. The van der Waals surface area contributed by atoms with E-state index in [4.69, 9.17) is 16.3 Å². The van der Waals surface area contributed by atoms with Gasteiger partial charge in [-0.1, -0.05) is 88.4 Å². The number of ether oxygens (including phenoxy) is 1. The van der Waals surface area contributed by atoms with Gasteiger partial charge < -0.3 is 9.30 Å². The fourth-order valence-corrected chi connectivity index (χ4v) is 4.94. The number of unbranched alkanes of at least 4 members (excludes halogenated alkanes) is 9. The van der Waals surface area contributed by atoms with Crippen molar-refractivity contribution >= 4 is 23.4 Å². The van der Waals surface area contributed by atoms with E-state index in [0.29, 0.717) is 22.9 Å². The average molecular weight is 472 g/mol. The molecule has 2 heterocycles. The van der Waals surface area contributed by atoms with Crippen LogP contribution in [0.15, 0.2) is 36.4 Å². The second-order valence-electron chi connectivity index (χ2n) is 9.15. The van der Waals surface area contributed by atoms with E-state index in [1.165, 1.54) is 51.4 Å². The number of aromatic nitrogens is 1. The summed E-state index contributed by atoms with van der Waals surface area (Å²) in [6.07, 6.45) is 14.2. The molecule has 0 saturated heterocycles. The third-order valence-corrected chi connectivity index (χ3v) is 6.95. The number of hydrogen-bond acceptors (Lipinski definition) is 3. The molecule has 180 valence electrons. The van der Waals surface area contributed by atoms with Crippen molar-refractivity contribution in [2.24, 2.45) is 0 Å². The van der Waals surface area contributed by atoms with Gasteiger partial charge in [0.25, 0.3) is 0 Å². The Morgan fingerprint density at radius 1 is 0.939 bits per heavy atom. The number of hydrogen-bond donors (Lipinski definition) is 0. The maximum Gasteiger partial charge on any atom is 0.314 e. The van der Waals surface area contributed by atoms with Gasteiger partial charge in [0.1, 0.15) is 0 Å². The molecule has 0 bridgehead atoms. The third kappa shape index (κ3) is 7.20. The monoisotopic (exact) mass is 471 g/mol. The molecule has 3 rings (SSSR count). The molecule has 0 saturated carbocycles.